The van der Waals surface area contributed by atoms with E-state index in [9.17, 15) is 0 Å². The molecule has 10 aromatic carbocycles. The normalized spacial score (nSPS) is 17.0. The first-order chi connectivity index (χ1) is 31.3. The average molecular weight is 803 g/mol. The van der Waals surface area contributed by atoms with E-state index >= 15 is 0 Å². The van der Waals surface area contributed by atoms with Crippen LogP contribution in [-0.4, -0.2) is 0 Å². The molecular formula is C62H42O. The first kappa shape index (κ1) is 37.0. The fourth-order valence-corrected chi connectivity index (χ4v) is 10.8. The summed E-state index contributed by atoms with van der Waals surface area (Å²) >= 11 is 0. The molecule has 1 nitrogen and oxygen atoms in total. The highest BCUT2D eigenvalue weighted by atomic mass is 16.5. The largest absolute Gasteiger partial charge is 0.340 e. The molecule has 0 amide bonds. The molecule has 0 fully saturated rings. The molecule has 296 valence electrons. The van der Waals surface area contributed by atoms with Crippen molar-refractivity contribution >= 4 is 0 Å². The van der Waals surface area contributed by atoms with E-state index < -0.39 is 11.2 Å². The molecule has 12 rings (SSSR count). The molecule has 2 unspecified atom stereocenters. The monoisotopic (exact) mass is 802 g/mol. The summed E-state index contributed by atoms with van der Waals surface area (Å²) in [5, 5.41) is 0. The van der Waals surface area contributed by atoms with Gasteiger partial charge in [-0.05, 0) is 77.9 Å². The van der Waals surface area contributed by atoms with Gasteiger partial charge in [0.25, 0.3) is 0 Å². The van der Waals surface area contributed by atoms with Gasteiger partial charge < -0.3 is 4.74 Å². The molecular weight excluding hydrogens is 761 g/mol. The van der Waals surface area contributed by atoms with E-state index in [1.54, 1.807) is 0 Å². The Morgan fingerprint density at radius 2 is 0.444 bits per heavy atom. The van der Waals surface area contributed by atoms with Gasteiger partial charge in [-0.1, -0.05) is 255 Å². The quantitative estimate of drug-likeness (QED) is 0.149. The van der Waals surface area contributed by atoms with Crippen molar-refractivity contribution in [3.8, 4) is 66.8 Å². The van der Waals surface area contributed by atoms with Crippen molar-refractivity contribution in [3.63, 3.8) is 0 Å². The molecule has 2 atom stereocenters. The minimum absolute atomic E-state index is 1.08. The Balaban J connectivity index is 1.42. The summed E-state index contributed by atoms with van der Waals surface area (Å²) in [6, 6.07) is 92.8. The molecule has 10 aromatic rings. The third-order valence-corrected chi connectivity index (χ3v) is 13.2. The van der Waals surface area contributed by atoms with Gasteiger partial charge in [-0.3, -0.25) is 0 Å². The summed E-state index contributed by atoms with van der Waals surface area (Å²) in [5.41, 5.74) is 18.6. The lowest BCUT2D eigenvalue weighted by Gasteiger charge is -2.39. The van der Waals surface area contributed by atoms with Gasteiger partial charge in [-0.15, -0.1) is 0 Å². The third kappa shape index (κ3) is 5.54. The molecule has 2 heterocycles. The number of benzene rings is 10. The lowest BCUT2D eigenvalue weighted by atomic mass is 9.60. The standard InChI is InChI=1S/C62H42O/c1-9-25-43(26-10-1)51-41-42-52(44-27-11-2-12-28-44)58-57(51)61(49-37-21-7-22-38-49)59-55(47-33-17-5-18-34-47)53(45-29-13-3-14-30-45)54(46-31-15-4-16-32-46)56(48-35-19-6-20-36-48)60(59)62(58,63-61)50-39-23-8-24-40-50/h1-42H. The summed E-state index contributed by atoms with van der Waals surface area (Å²) in [4.78, 5) is 0. The molecule has 1 heteroatoms. The molecule has 2 bridgehead atoms. The number of hydrogen-bond acceptors (Lipinski definition) is 1. The van der Waals surface area contributed by atoms with Gasteiger partial charge in [0.05, 0.1) is 0 Å². The number of rotatable bonds is 8. The van der Waals surface area contributed by atoms with Crippen molar-refractivity contribution < 1.29 is 4.74 Å². The average Bonchev–Trinajstić information content (AvgIpc) is 3.88. The molecule has 2 aliphatic heterocycles. The highest BCUT2D eigenvalue weighted by Gasteiger charge is 2.68. The SMILES string of the molecule is c1ccc(-c2ccc(-c3ccccc3)c3c2C2(c4ccccc4)OC3(c3ccccc3)c3c(-c4ccccc4)c(-c4ccccc4)c(-c4ccccc4)c(-c4ccccc4)c32)cc1. The predicted molar refractivity (Wildman–Crippen MR) is 259 cm³/mol. The van der Waals surface area contributed by atoms with Crippen LogP contribution in [-0.2, 0) is 15.9 Å². The van der Waals surface area contributed by atoms with E-state index in [4.69, 9.17) is 4.74 Å². The second kappa shape index (κ2) is 15.0. The van der Waals surface area contributed by atoms with Crippen molar-refractivity contribution in [1.29, 1.82) is 0 Å². The van der Waals surface area contributed by atoms with Crippen LogP contribution in [0.15, 0.2) is 255 Å². The second-order valence-electron chi connectivity index (χ2n) is 16.6. The van der Waals surface area contributed by atoms with Crippen molar-refractivity contribution in [3.05, 3.63) is 288 Å². The lowest BCUT2D eigenvalue weighted by molar-refractivity contribution is -0.0251. The van der Waals surface area contributed by atoms with Crippen LogP contribution in [0.4, 0.5) is 0 Å². The summed E-state index contributed by atoms with van der Waals surface area (Å²) in [7, 11) is 0. The molecule has 0 saturated heterocycles. The number of fused-ring (bicyclic) bond motifs is 8. The molecule has 0 spiro atoms. The fourth-order valence-electron chi connectivity index (χ4n) is 10.8. The third-order valence-electron chi connectivity index (χ3n) is 13.2. The highest BCUT2D eigenvalue weighted by molar-refractivity contribution is 6.08. The van der Waals surface area contributed by atoms with Crippen LogP contribution >= 0.6 is 0 Å². The van der Waals surface area contributed by atoms with Crippen LogP contribution in [0.3, 0.4) is 0 Å². The van der Waals surface area contributed by atoms with E-state index in [2.05, 4.69) is 255 Å². The number of hydrogen-bond donors (Lipinski definition) is 0. The van der Waals surface area contributed by atoms with Crippen molar-refractivity contribution in [1.82, 2.24) is 0 Å². The summed E-state index contributed by atoms with van der Waals surface area (Å²) < 4.78 is 8.59. The maximum atomic E-state index is 8.59. The Labute approximate surface area is 369 Å². The highest BCUT2D eigenvalue weighted by Crippen LogP contribution is 2.73. The smallest absolute Gasteiger partial charge is 0.147 e. The Kier molecular flexibility index (Phi) is 8.78. The molecule has 0 saturated carbocycles. The van der Waals surface area contributed by atoms with Gasteiger partial charge in [-0.2, -0.15) is 0 Å². The van der Waals surface area contributed by atoms with Crippen LogP contribution in [0.25, 0.3) is 66.8 Å². The van der Waals surface area contributed by atoms with E-state index in [0.717, 1.165) is 55.6 Å². The van der Waals surface area contributed by atoms with Gasteiger partial charge in [0.1, 0.15) is 11.2 Å². The zero-order valence-corrected chi connectivity index (χ0v) is 34.7. The molecule has 0 aromatic heterocycles. The number of ether oxygens (including phenoxy) is 1. The summed E-state index contributed by atoms with van der Waals surface area (Å²) in [6.45, 7) is 0. The molecule has 0 N–H and O–H groups in total. The maximum absolute atomic E-state index is 8.59. The first-order valence-electron chi connectivity index (χ1n) is 21.9. The Bertz CT molecular complexity index is 3020. The van der Waals surface area contributed by atoms with Crippen LogP contribution in [0.2, 0.25) is 0 Å². The summed E-state index contributed by atoms with van der Waals surface area (Å²) in [5.74, 6) is 0. The topological polar surface area (TPSA) is 9.23 Å². The zero-order chi connectivity index (χ0) is 41.8. The summed E-state index contributed by atoms with van der Waals surface area (Å²) in [6.07, 6.45) is 0. The van der Waals surface area contributed by atoms with E-state index in [0.29, 0.717) is 0 Å². The van der Waals surface area contributed by atoms with Crippen LogP contribution in [0, 0.1) is 0 Å². The van der Waals surface area contributed by atoms with Crippen LogP contribution in [0.5, 0.6) is 0 Å². The first-order valence-corrected chi connectivity index (χ1v) is 21.9. The van der Waals surface area contributed by atoms with E-state index in [1.165, 1.54) is 44.5 Å². The molecule has 63 heavy (non-hydrogen) atoms. The van der Waals surface area contributed by atoms with E-state index in [-0.39, 0.29) is 0 Å². The van der Waals surface area contributed by atoms with Gasteiger partial charge in [-0.25, -0.2) is 0 Å². The van der Waals surface area contributed by atoms with Crippen molar-refractivity contribution in [2.45, 2.75) is 11.2 Å². The van der Waals surface area contributed by atoms with Crippen molar-refractivity contribution in [2.75, 3.05) is 0 Å². The molecule has 0 radical (unpaired) electrons. The van der Waals surface area contributed by atoms with Gasteiger partial charge >= 0.3 is 0 Å². The van der Waals surface area contributed by atoms with Gasteiger partial charge in [0.15, 0.2) is 0 Å². The molecule has 2 aliphatic rings. The minimum Gasteiger partial charge on any atom is -0.340 e. The van der Waals surface area contributed by atoms with Crippen LogP contribution < -0.4 is 0 Å². The minimum atomic E-state index is -1.08. The predicted octanol–water partition coefficient (Wildman–Crippen LogP) is 15.6. The van der Waals surface area contributed by atoms with Gasteiger partial charge in [0, 0.05) is 22.3 Å². The lowest BCUT2D eigenvalue weighted by Crippen LogP contribution is -2.30. The van der Waals surface area contributed by atoms with Crippen molar-refractivity contribution in [2.24, 2.45) is 0 Å². The maximum Gasteiger partial charge on any atom is 0.147 e. The van der Waals surface area contributed by atoms with E-state index in [1.807, 2.05) is 0 Å². The molecule has 0 aliphatic carbocycles. The van der Waals surface area contributed by atoms with Crippen LogP contribution in [0.1, 0.15) is 33.4 Å². The zero-order valence-electron chi connectivity index (χ0n) is 34.7. The van der Waals surface area contributed by atoms with Gasteiger partial charge in [0.2, 0.25) is 0 Å². The Morgan fingerprint density at radius 1 is 0.206 bits per heavy atom. The Morgan fingerprint density at radius 3 is 0.730 bits per heavy atom. The fraction of sp³-hybridized carbons (Fsp3) is 0.0323. The second-order valence-corrected chi connectivity index (χ2v) is 16.6. The Hall–Kier alpha value is -7.84.